The molecule has 2 aromatic carbocycles. The highest BCUT2D eigenvalue weighted by molar-refractivity contribution is 5.27. The fourth-order valence-corrected chi connectivity index (χ4v) is 2.59. The molecule has 7 heteroatoms. The van der Waals surface area contributed by atoms with Crippen LogP contribution in [0.5, 0.6) is 5.75 Å². The summed E-state index contributed by atoms with van der Waals surface area (Å²) in [5.74, 6) is 0.769. The molecule has 0 amide bonds. The minimum Gasteiger partial charge on any atom is -0.497 e. The molecule has 1 heterocycles. The number of epoxide rings is 1. The van der Waals surface area contributed by atoms with E-state index in [9.17, 15) is 13.2 Å². The Morgan fingerprint density at radius 3 is 2.44 bits per heavy atom. The van der Waals surface area contributed by atoms with Crippen LogP contribution in [0.4, 0.5) is 13.2 Å². The molecule has 0 aromatic heterocycles. The summed E-state index contributed by atoms with van der Waals surface area (Å²) in [5, 5.41) is 0. The van der Waals surface area contributed by atoms with Crippen molar-refractivity contribution in [2.24, 2.45) is 0 Å². The SMILES string of the molecule is COc1ccc(CO[C@@H](COCc2cccc(C(F)(F)F)c2)[C@H]2CO2)cc1. The summed E-state index contributed by atoms with van der Waals surface area (Å²) < 4.78 is 60.1. The third-order valence-electron chi connectivity index (χ3n) is 4.20. The van der Waals surface area contributed by atoms with Gasteiger partial charge in [-0.2, -0.15) is 13.2 Å². The van der Waals surface area contributed by atoms with Crippen LogP contribution in [-0.2, 0) is 33.6 Å². The fourth-order valence-electron chi connectivity index (χ4n) is 2.59. The second-order valence-electron chi connectivity index (χ2n) is 6.28. The van der Waals surface area contributed by atoms with Crippen LogP contribution in [0, 0.1) is 0 Å². The standard InChI is InChI=1S/C20H21F3O4/c1-24-17-7-5-14(6-8-17)11-26-18(19-13-27-19)12-25-10-15-3-2-4-16(9-15)20(21,22)23/h2-9,18-19H,10-13H2,1H3/t18-,19+/m0/s1. The Balaban J connectivity index is 1.49. The average Bonchev–Trinajstić information content (AvgIpc) is 3.49. The van der Waals surface area contributed by atoms with E-state index in [4.69, 9.17) is 18.9 Å². The molecule has 2 aromatic rings. The van der Waals surface area contributed by atoms with Gasteiger partial charge in [-0.25, -0.2) is 0 Å². The lowest BCUT2D eigenvalue weighted by molar-refractivity contribution is -0.137. The van der Waals surface area contributed by atoms with Crippen molar-refractivity contribution in [1.29, 1.82) is 0 Å². The summed E-state index contributed by atoms with van der Waals surface area (Å²) in [6, 6.07) is 12.7. The summed E-state index contributed by atoms with van der Waals surface area (Å²) in [6.45, 7) is 1.32. The molecule has 0 aliphatic carbocycles. The van der Waals surface area contributed by atoms with Gasteiger partial charge < -0.3 is 18.9 Å². The van der Waals surface area contributed by atoms with Crippen LogP contribution in [0.2, 0.25) is 0 Å². The molecule has 0 spiro atoms. The molecular formula is C20H21F3O4. The molecule has 1 saturated heterocycles. The zero-order valence-electron chi connectivity index (χ0n) is 14.9. The molecule has 0 radical (unpaired) electrons. The summed E-state index contributed by atoms with van der Waals surface area (Å²) in [7, 11) is 1.60. The van der Waals surface area contributed by atoms with Crippen LogP contribution in [-0.4, -0.2) is 32.5 Å². The lowest BCUT2D eigenvalue weighted by Crippen LogP contribution is -2.26. The average molecular weight is 382 g/mol. The third kappa shape index (κ3) is 5.95. The number of hydrogen-bond donors (Lipinski definition) is 0. The molecule has 4 nitrogen and oxygen atoms in total. The molecule has 0 saturated carbocycles. The maximum absolute atomic E-state index is 12.8. The zero-order chi connectivity index (χ0) is 19.3. The lowest BCUT2D eigenvalue weighted by Gasteiger charge is -2.17. The Labute approximate surface area is 155 Å². The van der Waals surface area contributed by atoms with Crippen molar-refractivity contribution >= 4 is 0 Å². The van der Waals surface area contributed by atoms with E-state index in [1.807, 2.05) is 24.3 Å². The Morgan fingerprint density at radius 1 is 1.07 bits per heavy atom. The number of hydrogen-bond acceptors (Lipinski definition) is 4. The van der Waals surface area contributed by atoms with Crippen molar-refractivity contribution in [2.75, 3.05) is 20.3 Å². The second kappa shape index (κ2) is 8.73. The normalized spacial score (nSPS) is 17.6. The van der Waals surface area contributed by atoms with Crippen molar-refractivity contribution in [1.82, 2.24) is 0 Å². The molecule has 27 heavy (non-hydrogen) atoms. The molecule has 0 N–H and O–H groups in total. The van der Waals surface area contributed by atoms with Gasteiger partial charge in [0.2, 0.25) is 0 Å². The van der Waals surface area contributed by atoms with E-state index >= 15 is 0 Å². The minimum atomic E-state index is -4.36. The zero-order valence-corrected chi connectivity index (χ0v) is 14.9. The largest absolute Gasteiger partial charge is 0.497 e. The van der Waals surface area contributed by atoms with E-state index < -0.39 is 11.7 Å². The van der Waals surface area contributed by atoms with E-state index in [0.29, 0.717) is 18.8 Å². The van der Waals surface area contributed by atoms with Gasteiger partial charge in [-0.15, -0.1) is 0 Å². The van der Waals surface area contributed by atoms with E-state index in [1.54, 1.807) is 13.2 Å². The van der Waals surface area contributed by atoms with Gasteiger partial charge >= 0.3 is 6.18 Å². The van der Waals surface area contributed by atoms with Gasteiger partial charge in [0, 0.05) is 0 Å². The molecule has 1 aliphatic heterocycles. The highest BCUT2D eigenvalue weighted by atomic mass is 19.4. The maximum Gasteiger partial charge on any atom is 0.416 e. The molecule has 1 aliphatic rings. The van der Waals surface area contributed by atoms with E-state index in [2.05, 4.69) is 0 Å². The van der Waals surface area contributed by atoms with Gasteiger partial charge in [-0.05, 0) is 35.4 Å². The highest BCUT2D eigenvalue weighted by Crippen LogP contribution is 2.29. The summed E-state index contributed by atoms with van der Waals surface area (Å²) in [6.07, 6.45) is -4.66. The van der Waals surface area contributed by atoms with Crippen molar-refractivity contribution in [3.63, 3.8) is 0 Å². The van der Waals surface area contributed by atoms with E-state index in [-0.39, 0.29) is 25.4 Å². The summed E-state index contributed by atoms with van der Waals surface area (Å²) in [5.41, 5.74) is 0.774. The van der Waals surface area contributed by atoms with Crippen LogP contribution in [0.25, 0.3) is 0 Å². The van der Waals surface area contributed by atoms with Crippen molar-refractivity contribution in [2.45, 2.75) is 31.6 Å². The smallest absolute Gasteiger partial charge is 0.416 e. The fraction of sp³-hybridized carbons (Fsp3) is 0.400. The Kier molecular flexibility index (Phi) is 6.36. The number of methoxy groups -OCH3 is 1. The molecule has 0 bridgehead atoms. The summed E-state index contributed by atoms with van der Waals surface area (Å²) >= 11 is 0. The Bertz CT molecular complexity index is 727. The van der Waals surface area contributed by atoms with Crippen LogP contribution < -0.4 is 4.74 Å². The molecule has 1 fully saturated rings. The minimum absolute atomic E-state index is 0.0373. The second-order valence-corrected chi connectivity index (χ2v) is 6.28. The van der Waals surface area contributed by atoms with Crippen LogP contribution in [0.3, 0.4) is 0 Å². The topological polar surface area (TPSA) is 40.2 Å². The quantitative estimate of drug-likeness (QED) is 0.609. The highest BCUT2D eigenvalue weighted by Gasteiger charge is 2.34. The first-order chi connectivity index (χ1) is 13.0. The molecule has 0 unspecified atom stereocenters. The number of rotatable bonds is 9. The van der Waals surface area contributed by atoms with E-state index in [1.165, 1.54) is 6.07 Å². The van der Waals surface area contributed by atoms with Crippen LogP contribution >= 0.6 is 0 Å². The number of halogens is 3. The summed E-state index contributed by atoms with van der Waals surface area (Å²) in [4.78, 5) is 0. The van der Waals surface area contributed by atoms with Gasteiger partial charge in [-0.1, -0.05) is 24.3 Å². The third-order valence-corrected chi connectivity index (χ3v) is 4.20. The first-order valence-electron chi connectivity index (χ1n) is 8.56. The first-order valence-corrected chi connectivity index (χ1v) is 8.56. The first kappa shape index (κ1) is 19.7. The van der Waals surface area contributed by atoms with Crippen molar-refractivity contribution in [3.05, 3.63) is 65.2 Å². The van der Waals surface area contributed by atoms with Gasteiger partial charge in [-0.3, -0.25) is 0 Å². The van der Waals surface area contributed by atoms with Crippen LogP contribution in [0.1, 0.15) is 16.7 Å². The Morgan fingerprint density at radius 2 is 1.81 bits per heavy atom. The molecule has 2 atom stereocenters. The van der Waals surface area contributed by atoms with E-state index in [0.717, 1.165) is 23.4 Å². The Hall–Kier alpha value is -2.09. The van der Waals surface area contributed by atoms with Crippen molar-refractivity contribution in [3.8, 4) is 5.75 Å². The van der Waals surface area contributed by atoms with Gasteiger partial charge in [0.25, 0.3) is 0 Å². The number of ether oxygens (including phenoxy) is 4. The molecule has 146 valence electrons. The monoisotopic (exact) mass is 382 g/mol. The van der Waals surface area contributed by atoms with Gasteiger partial charge in [0.15, 0.2) is 0 Å². The number of alkyl halides is 3. The van der Waals surface area contributed by atoms with Crippen LogP contribution in [0.15, 0.2) is 48.5 Å². The van der Waals surface area contributed by atoms with Gasteiger partial charge in [0.05, 0.1) is 39.1 Å². The van der Waals surface area contributed by atoms with Gasteiger partial charge in [0.1, 0.15) is 18.0 Å². The maximum atomic E-state index is 12.8. The molecular weight excluding hydrogens is 361 g/mol. The number of benzene rings is 2. The van der Waals surface area contributed by atoms with Crippen molar-refractivity contribution < 1.29 is 32.1 Å². The predicted molar refractivity (Wildman–Crippen MR) is 92.4 cm³/mol. The lowest BCUT2D eigenvalue weighted by atomic mass is 10.1. The molecule has 3 rings (SSSR count). The predicted octanol–water partition coefficient (Wildman–Crippen LogP) is 4.21.